The van der Waals surface area contributed by atoms with Gasteiger partial charge >= 0.3 is 0 Å². The first-order valence-electron chi connectivity index (χ1n) is 6.86. The van der Waals surface area contributed by atoms with Gasteiger partial charge in [0.2, 0.25) is 6.41 Å². The summed E-state index contributed by atoms with van der Waals surface area (Å²) < 4.78 is 0. The number of hydrogen-bond donors (Lipinski definition) is 1. The molecule has 1 saturated heterocycles. The van der Waals surface area contributed by atoms with Crippen molar-refractivity contribution in [3.05, 3.63) is 34.5 Å². The summed E-state index contributed by atoms with van der Waals surface area (Å²) in [6, 6.07) is 5.49. The van der Waals surface area contributed by atoms with Gasteiger partial charge in [0.1, 0.15) is 0 Å². The minimum absolute atomic E-state index is 0.00613. The fraction of sp³-hybridized carbons (Fsp3) is 0.333. The van der Waals surface area contributed by atoms with Gasteiger partial charge in [-0.2, -0.15) is 0 Å². The predicted molar refractivity (Wildman–Crippen MR) is 81.6 cm³/mol. The van der Waals surface area contributed by atoms with Crippen molar-refractivity contribution < 1.29 is 9.59 Å². The lowest BCUT2D eigenvalue weighted by molar-refractivity contribution is -0.119. The van der Waals surface area contributed by atoms with E-state index in [1.165, 1.54) is 0 Å². The number of nitrogens with zero attached hydrogens (tertiary/aromatic N) is 2. The maximum atomic E-state index is 12.7. The number of aromatic nitrogens is 1. The van der Waals surface area contributed by atoms with E-state index in [2.05, 4.69) is 4.98 Å². The van der Waals surface area contributed by atoms with Crippen LogP contribution in [0.1, 0.15) is 16.1 Å². The van der Waals surface area contributed by atoms with Crippen LogP contribution < -0.4 is 0 Å². The standard InChI is InChI=1S/C15H16ClN3O2/c1-10-14(12-3-2-11(16)8-13(12)17-10)15(21)19-6-4-18(9-20)5-7-19/h2-3,8-9,17H,4-7H2,1H3. The number of carbonyl (C=O) groups excluding carboxylic acids is 2. The maximum absolute atomic E-state index is 12.7. The molecule has 2 aromatic rings. The number of amides is 2. The Morgan fingerprint density at radius 3 is 2.67 bits per heavy atom. The van der Waals surface area contributed by atoms with E-state index < -0.39 is 0 Å². The number of nitrogens with one attached hydrogen (secondary N) is 1. The van der Waals surface area contributed by atoms with Crippen molar-refractivity contribution in [1.29, 1.82) is 0 Å². The van der Waals surface area contributed by atoms with Crippen LogP contribution in [0.25, 0.3) is 10.9 Å². The molecule has 0 unspecified atom stereocenters. The molecular weight excluding hydrogens is 290 g/mol. The van der Waals surface area contributed by atoms with E-state index >= 15 is 0 Å². The zero-order valence-electron chi connectivity index (χ0n) is 11.7. The fourth-order valence-corrected chi connectivity index (χ4v) is 2.94. The molecular formula is C15H16ClN3O2. The highest BCUT2D eigenvalue weighted by Crippen LogP contribution is 2.26. The van der Waals surface area contributed by atoms with Crippen LogP contribution in [0.4, 0.5) is 0 Å². The Bertz CT molecular complexity index is 702. The van der Waals surface area contributed by atoms with Crippen LogP contribution in [-0.4, -0.2) is 53.3 Å². The van der Waals surface area contributed by atoms with Crippen LogP contribution in [0.15, 0.2) is 18.2 Å². The van der Waals surface area contributed by atoms with Gasteiger partial charge in [-0.05, 0) is 19.1 Å². The normalized spacial score (nSPS) is 15.5. The van der Waals surface area contributed by atoms with Crippen molar-refractivity contribution in [2.75, 3.05) is 26.2 Å². The number of halogens is 1. The molecule has 0 saturated carbocycles. The molecule has 0 bridgehead atoms. The van der Waals surface area contributed by atoms with Crippen LogP contribution in [0.3, 0.4) is 0 Å². The molecule has 0 aliphatic carbocycles. The number of aromatic amines is 1. The monoisotopic (exact) mass is 305 g/mol. The third-order valence-electron chi connectivity index (χ3n) is 3.91. The third-order valence-corrected chi connectivity index (χ3v) is 4.15. The van der Waals surface area contributed by atoms with Gasteiger partial charge in [0, 0.05) is 47.8 Å². The largest absolute Gasteiger partial charge is 0.358 e. The Morgan fingerprint density at radius 1 is 1.29 bits per heavy atom. The number of benzene rings is 1. The quantitative estimate of drug-likeness (QED) is 0.863. The lowest BCUT2D eigenvalue weighted by Crippen LogP contribution is -2.48. The average molecular weight is 306 g/mol. The van der Waals surface area contributed by atoms with Crippen LogP contribution in [-0.2, 0) is 4.79 Å². The molecule has 1 fully saturated rings. The zero-order valence-corrected chi connectivity index (χ0v) is 12.5. The first kappa shape index (κ1) is 13.9. The number of carbonyl (C=O) groups is 2. The molecule has 0 atom stereocenters. The molecule has 0 radical (unpaired) electrons. The smallest absolute Gasteiger partial charge is 0.256 e. The Balaban J connectivity index is 1.91. The fourth-order valence-electron chi connectivity index (χ4n) is 2.77. The highest BCUT2D eigenvalue weighted by atomic mass is 35.5. The van der Waals surface area contributed by atoms with Crippen LogP contribution in [0.5, 0.6) is 0 Å². The highest BCUT2D eigenvalue weighted by molar-refractivity contribution is 6.31. The number of aryl methyl sites for hydroxylation is 1. The summed E-state index contributed by atoms with van der Waals surface area (Å²) in [5, 5.41) is 1.53. The van der Waals surface area contributed by atoms with E-state index in [-0.39, 0.29) is 5.91 Å². The average Bonchev–Trinajstić information content (AvgIpc) is 2.81. The molecule has 110 valence electrons. The van der Waals surface area contributed by atoms with E-state index in [1.807, 2.05) is 19.1 Å². The lowest BCUT2D eigenvalue weighted by atomic mass is 10.1. The van der Waals surface area contributed by atoms with Gasteiger partial charge in [0.15, 0.2) is 0 Å². The Labute approximate surface area is 127 Å². The molecule has 2 amide bonds. The number of rotatable bonds is 2. The van der Waals surface area contributed by atoms with Gasteiger partial charge in [-0.25, -0.2) is 0 Å². The summed E-state index contributed by atoms with van der Waals surface area (Å²) in [5.74, 6) is 0.00613. The topological polar surface area (TPSA) is 56.4 Å². The maximum Gasteiger partial charge on any atom is 0.256 e. The van der Waals surface area contributed by atoms with Crippen molar-refractivity contribution in [2.24, 2.45) is 0 Å². The van der Waals surface area contributed by atoms with Gasteiger partial charge in [0.25, 0.3) is 5.91 Å². The second-order valence-corrected chi connectivity index (χ2v) is 5.68. The van der Waals surface area contributed by atoms with Gasteiger partial charge in [-0.15, -0.1) is 0 Å². The third kappa shape index (κ3) is 2.49. The number of fused-ring (bicyclic) bond motifs is 1. The Kier molecular flexibility index (Phi) is 3.59. The molecule has 1 aliphatic rings. The van der Waals surface area contributed by atoms with Crippen molar-refractivity contribution >= 4 is 34.8 Å². The molecule has 6 heteroatoms. The molecule has 1 aliphatic heterocycles. The van der Waals surface area contributed by atoms with Crippen LogP contribution in [0, 0.1) is 6.92 Å². The van der Waals surface area contributed by atoms with Gasteiger partial charge in [-0.1, -0.05) is 17.7 Å². The van der Waals surface area contributed by atoms with E-state index in [9.17, 15) is 9.59 Å². The molecule has 3 rings (SSSR count). The zero-order chi connectivity index (χ0) is 15.0. The van der Waals surface area contributed by atoms with E-state index in [0.717, 1.165) is 23.0 Å². The Morgan fingerprint density at radius 2 is 2.00 bits per heavy atom. The first-order valence-corrected chi connectivity index (χ1v) is 7.24. The summed E-state index contributed by atoms with van der Waals surface area (Å²) in [6.07, 6.45) is 0.834. The minimum Gasteiger partial charge on any atom is -0.358 e. The Hall–Kier alpha value is -2.01. The van der Waals surface area contributed by atoms with Gasteiger partial charge in [0.05, 0.1) is 5.56 Å². The molecule has 2 heterocycles. The van der Waals surface area contributed by atoms with Crippen LogP contribution >= 0.6 is 11.6 Å². The summed E-state index contributed by atoms with van der Waals surface area (Å²) in [5.41, 5.74) is 2.41. The lowest BCUT2D eigenvalue weighted by Gasteiger charge is -2.32. The molecule has 1 aromatic heterocycles. The molecule has 1 aromatic carbocycles. The van der Waals surface area contributed by atoms with Gasteiger partial charge < -0.3 is 14.8 Å². The van der Waals surface area contributed by atoms with Crippen molar-refractivity contribution in [1.82, 2.24) is 14.8 Å². The first-order chi connectivity index (χ1) is 10.1. The predicted octanol–water partition coefficient (Wildman–Crippen LogP) is 2.04. The van der Waals surface area contributed by atoms with Crippen LogP contribution in [0.2, 0.25) is 5.02 Å². The number of H-pyrrole nitrogens is 1. The molecule has 1 N–H and O–H groups in total. The number of piperazine rings is 1. The van der Waals surface area contributed by atoms with Gasteiger partial charge in [-0.3, -0.25) is 9.59 Å². The summed E-state index contributed by atoms with van der Waals surface area (Å²) in [4.78, 5) is 30.2. The van der Waals surface area contributed by atoms with Crippen molar-refractivity contribution in [2.45, 2.75) is 6.92 Å². The highest BCUT2D eigenvalue weighted by Gasteiger charge is 2.25. The minimum atomic E-state index is 0.00613. The molecule has 21 heavy (non-hydrogen) atoms. The van der Waals surface area contributed by atoms with Crippen molar-refractivity contribution in [3.8, 4) is 0 Å². The second kappa shape index (κ2) is 5.41. The SMILES string of the molecule is Cc1[nH]c2cc(Cl)ccc2c1C(=O)N1CCN(C=O)CC1. The summed E-state index contributed by atoms with van der Waals surface area (Å²) >= 11 is 5.99. The van der Waals surface area contributed by atoms with E-state index in [4.69, 9.17) is 11.6 Å². The van der Waals surface area contributed by atoms with Crippen molar-refractivity contribution in [3.63, 3.8) is 0 Å². The van der Waals surface area contributed by atoms with E-state index in [1.54, 1.807) is 15.9 Å². The number of hydrogen-bond acceptors (Lipinski definition) is 2. The van der Waals surface area contributed by atoms with E-state index in [0.29, 0.717) is 36.8 Å². The molecule has 0 spiro atoms. The summed E-state index contributed by atoms with van der Waals surface area (Å²) in [6.45, 7) is 4.20. The summed E-state index contributed by atoms with van der Waals surface area (Å²) in [7, 11) is 0. The second-order valence-electron chi connectivity index (χ2n) is 5.25. The molecule has 5 nitrogen and oxygen atoms in total.